The van der Waals surface area contributed by atoms with Crippen LogP contribution in [0.3, 0.4) is 0 Å². The summed E-state index contributed by atoms with van der Waals surface area (Å²) in [4.78, 5) is 20.3. The van der Waals surface area contributed by atoms with Gasteiger partial charge in [-0.15, -0.1) is 0 Å². The number of rotatable bonds is 11. The first-order chi connectivity index (χ1) is 17.2. The zero-order valence-electron chi connectivity index (χ0n) is 19.8. The van der Waals surface area contributed by atoms with Gasteiger partial charge in [0.1, 0.15) is 12.3 Å². The number of carboxylic acids is 1. The molecule has 190 valence electrons. The molecule has 0 saturated heterocycles. The molecule has 0 aliphatic rings. The van der Waals surface area contributed by atoms with Gasteiger partial charge in [0.2, 0.25) is 5.88 Å². The largest absolute Gasteiger partial charge is 0.481 e. The number of nitrogens with zero attached hydrogens (tertiary/aromatic N) is 2. The summed E-state index contributed by atoms with van der Waals surface area (Å²) in [6, 6.07) is 15.9. The Morgan fingerprint density at radius 3 is 2.53 bits per heavy atom. The zero-order chi connectivity index (χ0) is 26.1. The van der Waals surface area contributed by atoms with Crippen molar-refractivity contribution >= 4 is 11.7 Å². The second-order valence-electron chi connectivity index (χ2n) is 7.88. The molecular formula is C26H26F3N3O4. The van der Waals surface area contributed by atoms with E-state index in [4.69, 9.17) is 14.7 Å². The van der Waals surface area contributed by atoms with Crippen molar-refractivity contribution in [3.8, 4) is 17.0 Å². The van der Waals surface area contributed by atoms with Gasteiger partial charge in [-0.2, -0.15) is 13.2 Å². The quantitative estimate of drug-likeness (QED) is 0.211. The highest BCUT2D eigenvalue weighted by atomic mass is 19.4. The first kappa shape index (κ1) is 26.7. The zero-order valence-corrected chi connectivity index (χ0v) is 19.8. The van der Waals surface area contributed by atoms with Crippen molar-refractivity contribution in [3.63, 3.8) is 0 Å². The number of pyridine rings is 1. The third-order valence-corrected chi connectivity index (χ3v) is 5.24. The van der Waals surface area contributed by atoms with E-state index >= 15 is 0 Å². The Morgan fingerprint density at radius 2 is 1.86 bits per heavy atom. The van der Waals surface area contributed by atoms with Crippen LogP contribution >= 0.6 is 0 Å². The summed E-state index contributed by atoms with van der Waals surface area (Å²) in [5, 5.41) is 15.7. The number of aromatic nitrogens is 1. The highest BCUT2D eigenvalue weighted by Gasteiger charge is 2.34. The van der Waals surface area contributed by atoms with Gasteiger partial charge in [-0.3, -0.25) is 4.79 Å². The second-order valence-corrected chi connectivity index (χ2v) is 7.88. The fourth-order valence-corrected chi connectivity index (χ4v) is 3.44. The van der Waals surface area contributed by atoms with Crippen molar-refractivity contribution in [2.45, 2.75) is 32.7 Å². The molecule has 0 amide bonds. The number of ether oxygens (including phenoxy) is 1. The summed E-state index contributed by atoms with van der Waals surface area (Å²) in [7, 11) is 1.47. The fourth-order valence-electron chi connectivity index (χ4n) is 3.44. The minimum Gasteiger partial charge on any atom is -0.481 e. The van der Waals surface area contributed by atoms with E-state index in [1.54, 1.807) is 55.5 Å². The lowest BCUT2D eigenvalue weighted by molar-refractivity contribution is -0.138. The molecule has 0 radical (unpaired) electrons. The number of nitrogens with one attached hydrogen (secondary N) is 1. The highest BCUT2D eigenvalue weighted by Crippen LogP contribution is 2.37. The van der Waals surface area contributed by atoms with Crippen LogP contribution in [0.4, 0.5) is 13.2 Å². The molecule has 10 heteroatoms. The molecular weight excluding hydrogens is 475 g/mol. The van der Waals surface area contributed by atoms with Crippen molar-refractivity contribution < 1.29 is 32.6 Å². The van der Waals surface area contributed by atoms with Crippen molar-refractivity contribution in [2.24, 2.45) is 5.16 Å². The summed E-state index contributed by atoms with van der Waals surface area (Å²) in [6.07, 6.45) is -4.53. The molecule has 36 heavy (non-hydrogen) atoms. The number of benzene rings is 2. The van der Waals surface area contributed by atoms with Gasteiger partial charge in [0, 0.05) is 18.7 Å². The van der Waals surface area contributed by atoms with Gasteiger partial charge in [0.05, 0.1) is 24.8 Å². The normalized spacial score (nSPS) is 11.9. The minimum atomic E-state index is -4.52. The van der Waals surface area contributed by atoms with Gasteiger partial charge in [-0.25, -0.2) is 4.98 Å². The van der Waals surface area contributed by atoms with Crippen molar-refractivity contribution in [1.29, 1.82) is 0 Å². The second kappa shape index (κ2) is 12.2. The molecule has 2 aromatic carbocycles. The number of carboxylic acid groups (broad SMARTS) is 1. The minimum absolute atomic E-state index is 0.00359. The number of aliphatic carboxylic acids is 1. The van der Waals surface area contributed by atoms with Crippen LogP contribution in [0.1, 0.15) is 35.7 Å². The lowest BCUT2D eigenvalue weighted by Gasteiger charge is -2.15. The van der Waals surface area contributed by atoms with Crippen LogP contribution in [0.5, 0.6) is 5.88 Å². The van der Waals surface area contributed by atoms with Gasteiger partial charge >= 0.3 is 12.1 Å². The topological polar surface area (TPSA) is 93.0 Å². The number of carbonyl (C=O) groups is 1. The van der Waals surface area contributed by atoms with E-state index in [-0.39, 0.29) is 18.6 Å². The molecule has 0 atom stereocenters. The Bertz CT molecular complexity index is 1210. The highest BCUT2D eigenvalue weighted by molar-refractivity contribution is 5.96. The van der Waals surface area contributed by atoms with Crippen molar-refractivity contribution in [3.05, 3.63) is 83.0 Å². The molecule has 0 saturated carbocycles. The number of oxime groups is 1. The van der Waals surface area contributed by atoms with Gasteiger partial charge in [-0.1, -0.05) is 53.7 Å². The summed E-state index contributed by atoms with van der Waals surface area (Å²) in [5.41, 5.74) is 1.78. The molecule has 0 unspecified atom stereocenters. The van der Waals surface area contributed by atoms with Crippen LogP contribution in [-0.2, 0) is 29.0 Å². The van der Waals surface area contributed by atoms with Gasteiger partial charge < -0.3 is 20.0 Å². The molecule has 3 rings (SSSR count). The van der Waals surface area contributed by atoms with Gasteiger partial charge in [-0.05, 0) is 35.7 Å². The number of methoxy groups -OCH3 is 1. The van der Waals surface area contributed by atoms with E-state index in [0.717, 1.165) is 11.6 Å². The molecule has 1 aromatic heterocycles. The van der Waals surface area contributed by atoms with E-state index in [1.807, 2.05) is 0 Å². The van der Waals surface area contributed by atoms with E-state index in [9.17, 15) is 18.0 Å². The molecule has 7 nitrogen and oxygen atoms in total. The van der Waals surface area contributed by atoms with Crippen LogP contribution in [0, 0.1) is 0 Å². The van der Waals surface area contributed by atoms with Gasteiger partial charge in [0.25, 0.3) is 0 Å². The molecule has 0 fully saturated rings. The number of hydrogen-bond acceptors (Lipinski definition) is 6. The average Bonchev–Trinajstić information content (AvgIpc) is 2.86. The average molecular weight is 502 g/mol. The van der Waals surface area contributed by atoms with Crippen LogP contribution < -0.4 is 10.1 Å². The molecule has 1 heterocycles. The summed E-state index contributed by atoms with van der Waals surface area (Å²) < 4.78 is 46.4. The van der Waals surface area contributed by atoms with E-state index in [1.165, 1.54) is 13.2 Å². The fraction of sp³-hybridized carbons (Fsp3) is 0.269. The van der Waals surface area contributed by atoms with Crippen molar-refractivity contribution in [1.82, 2.24) is 10.3 Å². The monoisotopic (exact) mass is 501 g/mol. The molecule has 0 spiro atoms. The lowest BCUT2D eigenvalue weighted by Crippen LogP contribution is -2.18. The third-order valence-electron chi connectivity index (χ3n) is 5.24. The first-order valence-electron chi connectivity index (χ1n) is 11.1. The van der Waals surface area contributed by atoms with Crippen LogP contribution in [0.2, 0.25) is 0 Å². The Morgan fingerprint density at radius 1 is 1.11 bits per heavy atom. The Kier molecular flexibility index (Phi) is 9.02. The molecule has 2 N–H and O–H groups in total. The summed E-state index contributed by atoms with van der Waals surface area (Å²) in [6.45, 7) is 2.18. The van der Waals surface area contributed by atoms with Crippen molar-refractivity contribution in [2.75, 3.05) is 13.7 Å². The molecule has 0 bridgehead atoms. The number of halogens is 3. The Labute approximate surface area is 206 Å². The SMILES string of the molecule is COc1nc(C(C)=NOCc2ccc(-c3ccccc3)c(C(F)(F)F)c2)ccc1CNCCC(=O)O. The predicted octanol–water partition coefficient (Wildman–Crippen LogP) is 5.28. The Hall–Kier alpha value is -3.92. The number of hydrogen-bond donors (Lipinski definition) is 2. The maximum absolute atomic E-state index is 13.7. The first-order valence-corrected chi connectivity index (χ1v) is 11.1. The van der Waals surface area contributed by atoms with Crippen LogP contribution in [0.25, 0.3) is 11.1 Å². The van der Waals surface area contributed by atoms with E-state index in [0.29, 0.717) is 41.5 Å². The lowest BCUT2D eigenvalue weighted by atomic mass is 9.97. The summed E-state index contributed by atoms with van der Waals surface area (Å²) in [5.74, 6) is -0.548. The maximum Gasteiger partial charge on any atom is 0.417 e. The third kappa shape index (κ3) is 7.29. The molecule has 0 aliphatic heterocycles. The van der Waals surface area contributed by atoms with E-state index < -0.39 is 17.7 Å². The maximum atomic E-state index is 13.7. The van der Waals surface area contributed by atoms with E-state index in [2.05, 4.69) is 15.5 Å². The smallest absolute Gasteiger partial charge is 0.417 e. The van der Waals surface area contributed by atoms with Gasteiger partial charge in [0.15, 0.2) is 0 Å². The van der Waals surface area contributed by atoms with Crippen LogP contribution in [-0.4, -0.2) is 35.4 Å². The molecule has 0 aliphatic carbocycles. The predicted molar refractivity (Wildman–Crippen MR) is 129 cm³/mol. The molecule has 3 aromatic rings. The van der Waals surface area contributed by atoms with Crippen LogP contribution in [0.15, 0.2) is 65.8 Å². The summed E-state index contributed by atoms with van der Waals surface area (Å²) >= 11 is 0. The Balaban J connectivity index is 1.69. The number of alkyl halides is 3. The standard InChI is InChI=1S/C26H26F3N3O4/c1-17(23-11-9-20(25(31-23)35-2)15-30-13-12-24(33)34)32-36-16-18-8-10-21(19-6-4-3-5-7-19)22(14-18)26(27,28)29/h3-11,14,30H,12-13,15-16H2,1-2H3,(H,33,34).